The Morgan fingerprint density at radius 1 is 1.57 bits per heavy atom. The molecule has 1 unspecified atom stereocenters. The topological polar surface area (TPSA) is 89.8 Å². The van der Waals surface area contributed by atoms with E-state index < -0.39 is 29.8 Å². The van der Waals surface area contributed by atoms with Crippen LogP contribution < -0.4 is 5.32 Å². The Labute approximate surface area is 130 Å². The van der Waals surface area contributed by atoms with Crippen molar-refractivity contribution in [3.63, 3.8) is 0 Å². The summed E-state index contributed by atoms with van der Waals surface area (Å²) in [5.41, 5.74) is -3.01. The number of hydrogen-bond donors (Lipinski definition) is 4. The van der Waals surface area contributed by atoms with Gasteiger partial charge in [0.15, 0.2) is 0 Å². The van der Waals surface area contributed by atoms with Gasteiger partial charge in [0.25, 0.3) is 0 Å². The minimum absolute atomic E-state index is 0.188. The molecule has 1 fully saturated rings. The van der Waals surface area contributed by atoms with Gasteiger partial charge in [0.2, 0.25) is 5.91 Å². The Morgan fingerprint density at radius 2 is 2.29 bits per heavy atom. The van der Waals surface area contributed by atoms with E-state index in [1.807, 2.05) is 12.2 Å². The van der Waals surface area contributed by atoms with Crippen molar-refractivity contribution in [2.45, 2.75) is 49.9 Å². The zero-order valence-electron chi connectivity index (χ0n) is 12.3. The molecule has 0 radical (unpaired) electrons. The van der Waals surface area contributed by atoms with Crippen LogP contribution in [0.4, 0.5) is 0 Å². The number of aliphatic hydroxyl groups is 3. The molecule has 0 aromatic heterocycles. The highest BCUT2D eigenvalue weighted by Gasteiger charge is 2.64. The maximum atomic E-state index is 12.2. The number of halogens is 1. The summed E-state index contributed by atoms with van der Waals surface area (Å²) in [7, 11) is 0. The lowest BCUT2D eigenvalue weighted by Gasteiger charge is -2.45. The van der Waals surface area contributed by atoms with E-state index in [1.165, 1.54) is 6.92 Å². The zero-order chi connectivity index (χ0) is 15.7. The van der Waals surface area contributed by atoms with Crippen LogP contribution >= 0.6 is 11.6 Å². The molecular formula is C15H24ClNO4. The molecule has 1 heterocycles. The first-order valence-electron chi connectivity index (χ1n) is 7.46. The van der Waals surface area contributed by atoms with Gasteiger partial charge in [-0.05, 0) is 32.6 Å². The van der Waals surface area contributed by atoms with E-state index in [0.29, 0.717) is 6.42 Å². The molecule has 0 saturated carbocycles. The molecule has 4 N–H and O–H groups in total. The second kappa shape index (κ2) is 6.24. The maximum absolute atomic E-state index is 12.2. The largest absolute Gasteiger partial charge is 0.394 e. The van der Waals surface area contributed by atoms with Crippen molar-refractivity contribution < 1.29 is 20.1 Å². The van der Waals surface area contributed by atoms with Crippen molar-refractivity contribution >= 4 is 17.5 Å². The minimum atomic E-state index is -1.56. The molecule has 2 aliphatic rings. The molecular weight excluding hydrogens is 294 g/mol. The van der Waals surface area contributed by atoms with Gasteiger partial charge in [-0.15, -0.1) is 11.6 Å². The smallest absolute Gasteiger partial charge is 0.226 e. The molecule has 1 saturated heterocycles. The Bertz CT molecular complexity index is 426. The average Bonchev–Trinajstić information content (AvgIpc) is 2.68. The standard InChI is InChI=1S/C15H24ClNO4/c1-14(21)11(7-8-16)13(20)17-15(14,9-18)12(19)10-5-3-2-4-6-10/h3,5,10-12,18-19,21H,2,4,6-9H2,1H3,(H,17,20)/t10-,11+,12?,14+,15-/m1/s1. The molecule has 5 nitrogen and oxygen atoms in total. The monoisotopic (exact) mass is 317 g/mol. The minimum Gasteiger partial charge on any atom is -0.394 e. The zero-order valence-corrected chi connectivity index (χ0v) is 13.0. The van der Waals surface area contributed by atoms with Gasteiger partial charge in [0.1, 0.15) is 11.1 Å². The summed E-state index contributed by atoms with van der Waals surface area (Å²) in [6.07, 6.45) is 5.83. The number of hydrogen-bond acceptors (Lipinski definition) is 4. The first-order chi connectivity index (χ1) is 9.90. The van der Waals surface area contributed by atoms with Crippen LogP contribution in [0.25, 0.3) is 0 Å². The number of allylic oxidation sites excluding steroid dienone is 1. The number of carbonyl (C=O) groups is 1. The fourth-order valence-electron chi connectivity index (χ4n) is 3.65. The summed E-state index contributed by atoms with van der Waals surface area (Å²) >= 11 is 5.71. The van der Waals surface area contributed by atoms with Crippen molar-refractivity contribution in [3.8, 4) is 0 Å². The van der Waals surface area contributed by atoms with Crippen LogP contribution in [-0.4, -0.2) is 51.0 Å². The lowest BCUT2D eigenvalue weighted by molar-refractivity contribution is -0.127. The quantitative estimate of drug-likeness (QED) is 0.440. The van der Waals surface area contributed by atoms with Crippen LogP contribution in [-0.2, 0) is 4.79 Å². The highest BCUT2D eigenvalue weighted by Crippen LogP contribution is 2.43. The first-order valence-corrected chi connectivity index (χ1v) is 8.00. The molecule has 0 spiro atoms. The molecule has 1 aliphatic heterocycles. The van der Waals surface area contributed by atoms with Crippen LogP contribution in [0.15, 0.2) is 12.2 Å². The van der Waals surface area contributed by atoms with Crippen molar-refractivity contribution in [3.05, 3.63) is 12.2 Å². The maximum Gasteiger partial charge on any atom is 0.226 e. The third kappa shape index (κ3) is 2.61. The highest BCUT2D eigenvalue weighted by molar-refractivity contribution is 6.18. The van der Waals surface area contributed by atoms with Crippen molar-refractivity contribution in [1.29, 1.82) is 0 Å². The Kier molecular flexibility index (Phi) is 4.98. The average molecular weight is 318 g/mol. The summed E-state index contributed by atoms with van der Waals surface area (Å²) < 4.78 is 0. The van der Waals surface area contributed by atoms with Crippen LogP contribution in [0.5, 0.6) is 0 Å². The SMILES string of the molecule is C[C@]1(O)[C@@H](CCCl)C(=O)N[C@]1(CO)C(O)[C@@H]1C=CCCC1. The third-order valence-electron chi connectivity index (χ3n) is 5.09. The number of rotatable bonds is 5. The molecule has 1 aliphatic carbocycles. The van der Waals surface area contributed by atoms with Gasteiger partial charge < -0.3 is 20.6 Å². The fourth-order valence-corrected chi connectivity index (χ4v) is 3.87. The van der Waals surface area contributed by atoms with E-state index in [9.17, 15) is 20.1 Å². The molecule has 21 heavy (non-hydrogen) atoms. The lowest BCUT2D eigenvalue weighted by atomic mass is 9.69. The second-order valence-electron chi connectivity index (χ2n) is 6.26. The van der Waals surface area contributed by atoms with E-state index in [0.717, 1.165) is 19.3 Å². The van der Waals surface area contributed by atoms with Crippen molar-refractivity contribution in [2.75, 3.05) is 12.5 Å². The molecule has 5 atom stereocenters. The summed E-state index contributed by atoms with van der Waals surface area (Å²) in [6.45, 7) is 0.976. The van der Waals surface area contributed by atoms with Crippen molar-refractivity contribution in [2.24, 2.45) is 11.8 Å². The normalized spacial score (nSPS) is 41.1. The second-order valence-corrected chi connectivity index (χ2v) is 6.64. The summed E-state index contributed by atoms with van der Waals surface area (Å²) in [4.78, 5) is 12.2. The fraction of sp³-hybridized carbons (Fsp3) is 0.800. The van der Waals surface area contributed by atoms with E-state index in [4.69, 9.17) is 11.6 Å². The molecule has 0 aromatic carbocycles. The third-order valence-corrected chi connectivity index (χ3v) is 5.31. The van der Waals surface area contributed by atoms with Gasteiger partial charge in [0.05, 0.1) is 18.6 Å². The Balaban J connectivity index is 2.33. The summed E-state index contributed by atoms with van der Waals surface area (Å²) in [6, 6.07) is 0. The van der Waals surface area contributed by atoms with Gasteiger partial charge >= 0.3 is 0 Å². The predicted octanol–water partition coefficient (Wildman–Crippen LogP) is 0.561. The lowest BCUT2D eigenvalue weighted by Crippen LogP contribution is -2.68. The highest BCUT2D eigenvalue weighted by atomic mass is 35.5. The van der Waals surface area contributed by atoms with Crippen LogP contribution in [0.1, 0.15) is 32.6 Å². The molecule has 6 heteroatoms. The molecule has 2 rings (SSSR count). The number of nitrogens with one attached hydrogen (secondary N) is 1. The number of aliphatic hydroxyl groups excluding tert-OH is 2. The number of carbonyl (C=O) groups excluding carboxylic acids is 1. The van der Waals surface area contributed by atoms with E-state index in [1.54, 1.807) is 0 Å². The van der Waals surface area contributed by atoms with E-state index in [2.05, 4.69) is 5.32 Å². The predicted molar refractivity (Wildman–Crippen MR) is 79.9 cm³/mol. The van der Waals surface area contributed by atoms with Crippen LogP contribution in [0.3, 0.4) is 0 Å². The molecule has 1 amide bonds. The Hall–Kier alpha value is -0.620. The van der Waals surface area contributed by atoms with Crippen LogP contribution in [0, 0.1) is 11.8 Å². The van der Waals surface area contributed by atoms with E-state index >= 15 is 0 Å². The van der Waals surface area contributed by atoms with Crippen molar-refractivity contribution in [1.82, 2.24) is 5.32 Å². The summed E-state index contributed by atoms with van der Waals surface area (Å²) in [5, 5.41) is 34.1. The number of alkyl halides is 1. The van der Waals surface area contributed by atoms with Gasteiger partial charge in [-0.25, -0.2) is 0 Å². The summed E-state index contributed by atoms with van der Waals surface area (Å²) in [5.74, 6) is -1.06. The van der Waals surface area contributed by atoms with Gasteiger partial charge in [0, 0.05) is 11.8 Å². The number of amides is 1. The first kappa shape index (κ1) is 16.7. The van der Waals surface area contributed by atoms with E-state index in [-0.39, 0.29) is 17.7 Å². The Morgan fingerprint density at radius 3 is 2.81 bits per heavy atom. The molecule has 0 bridgehead atoms. The van der Waals surface area contributed by atoms with Gasteiger partial charge in [-0.1, -0.05) is 12.2 Å². The van der Waals surface area contributed by atoms with Crippen LogP contribution in [0.2, 0.25) is 0 Å². The molecule has 0 aromatic rings. The van der Waals surface area contributed by atoms with Gasteiger partial charge in [-0.2, -0.15) is 0 Å². The molecule has 120 valence electrons. The van der Waals surface area contributed by atoms with Gasteiger partial charge in [-0.3, -0.25) is 4.79 Å².